The van der Waals surface area contributed by atoms with E-state index in [-0.39, 0.29) is 11.3 Å². The molecule has 0 atom stereocenters. The lowest BCUT2D eigenvalue weighted by Gasteiger charge is -2.36. The Labute approximate surface area is 161 Å². The Kier molecular flexibility index (Phi) is 6.17. The van der Waals surface area contributed by atoms with Crippen LogP contribution in [0, 0.1) is 0 Å². The molecule has 26 heavy (non-hydrogen) atoms. The number of anilines is 1. The Morgan fingerprint density at radius 1 is 1.15 bits per heavy atom. The number of nitrogens with zero attached hydrogens (tertiary/aromatic N) is 5. The molecule has 0 bridgehead atoms. The molecule has 2 heterocycles. The van der Waals surface area contributed by atoms with Crippen LogP contribution in [0.4, 0.5) is 5.13 Å². The molecule has 0 spiro atoms. The molecule has 3 rings (SSSR count). The zero-order valence-corrected chi connectivity index (χ0v) is 17.5. The second-order valence-electron chi connectivity index (χ2n) is 8.71. The zero-order valence-electron chi connectivity index (χ0n) is 16.7. The first-order chi connectivity index (χ1) is 12.3. The van der Waals surface area contributed by atoms with Crippen LogP contribution in [0.5, 0.6) is 0 Å². The van der Waals surface area contributed by atoms with E-state index in [1.54, 1.807) is 0 Å². The lowest BCUT2D eigenvalue weighted by Crippen LogP contribution is -2.51. The summed E-state index contributed by atoms with van der Waals surface area (Å²) in [4.78, 5) is 23.9. The molecule has 1 aromatic rings. The van der Waals surface area contributed by atoms with Crippen LogP contribution in [0.3, 0.4) is 0 Å². The summed E-state index contributed by atoms with van der Waals surface area (Å²) < 4.78 is 4.52. The van der Waals surface area contributed by atoms with E-state index < -0.39 is 0 Å². The maximum Gasteiger partial charge on any atom is 0.236 e. The molecule has 0 N–H and O–H groups in total. The van der Waals surface area contributed by atoms with E-state index in [0.29, 0.717) is 12.6 Å². The number of hydrogen-bond acceptors (Lipinski definition) is 6. The third-order valence-electron chi connectivity index (χ3n) is 5.60. The molecule has 0 unspecified atom stereocenters. The fourth-order valence-corrected chi connectivity index (χ4v) is 4.63. The van der Waals surface area contributed by atoms with Crippen molar-refractivity contribution in [2.45, 2.75) is 64.3 Å². The number of rotatable bonds is 4. The van der Waals surface area contributed by atoms with Crippen LogP contribution in [-0.2, 0) is 10.2 Å². The second kappa shape index (κ2) is 8.21. The normalized spacial score (nSPS) is 20.4. The summed E-state index contributed by atoms with van der Waals surface area (Å²) >= 11 is 1.49. The highest BCUT2D eigenvalue weighted by Gasteiger charge is 2.27. The maximum atomic E-state index is 12.6. The molecule has 1 saturated heterocycles. The highest BCUT2D eigenvalue weighted by atomic mass is 32.1. The summed E-state index contributed by atoms with van der Waals surface area (Å²) in [5.41, 5.74) is -0.00725. The van der Waals surface area contributed by atoms with Crippen LogP contribution in [0.25, 0.3) is 0 Å². The lowest BCUT2D eigenvalue weighted by molar-refractivity contribution is -0.133. The van der Waals surface area contributed by atoms with Gasteiger partial charge in [0.15, 0.2) is 0 Å². The number of piperazine rings is 1. The minimum atomic E-state index is -0.00725. The van der Waals surface area contributed by atoms with Gasteiger partial charge in [0.05, 0.1) is 6.54 Å². The van der Waals surface area contributed by atoms with Crippen molar-refractivity contribution in [1.82, 2.24) is 19.2 Å². The first-order valence-corrected chi connectivity index (χ1v) is 10.7. The topological polar surface area (TPSA) is 52.6 Å². The smallest absolute Gasteiger partial charge is 0.236 e. The van der Waals surface area contributed by atoms with E-state index in [1.807, 2.05) is 11.9 Å². The van der Waals surface area contributed by atoms with Crippen LogP contribution in [0.15, 0.2) is 0 Å². The van der Waals surface area contributed by atoms with Gasteiger partial charge in [-0.25, -0.2) is 4.98 Å². The van der Waals surface area contributed by atoms with E-state index in [4.69, 9.17) is 4.98 Å². The van der Waals surface area contributed by atoms with Gasteiger partial charge in [0.1, 0.15) is 5.82 Å². The fraction of sp³-hybridized carbons (Fsp3) is 0.842. The first kappa shape index (κ1) is 19.5. The highest BCUT2D eigenvalue weighted by Crippen LogP contribution is 2.26. The third kappa shape index (κ3) is 4.74. The average molecular weight is 380 g/mol. The van der Waals surface area contributed by atoms with Gasteiger partial charge in [0.2, 0.25) is 11.0 Å². The fourth-order valence-electron chi connectivity index (χ4n) is 3.72. The predicted octanol–water partition coefficient (Wildman–Crippen LogP) is 2.75. The molecule has 1 amide bonds. The number of hydrogen-bond donors (Lipinski definition) is 0. The SMILES string of the molecule is CN(C(=O)CN1CCN(c2nc(C(C)(C)C)ns2)CC1)C1CCCCC1. The largest absolute Gasteiger partial charge is 0.344 e. The first-order valence-electron chi connectivity index (χ1n) is 9.92. The summed E-state index contributed by atoms with van der Waals surface area (Å²) in [5.74, 6) is 1.19. The Hall–Kier alpha value is -1.21. The van der Waals surface area contributed by atoms with Gasteiger partial charge >= 0.3 is 0 Å². The predicted molar refractivity (Wildman–Crippen MR) is 107 cm³/mol. The van der Waals surface area contributed by atoms with Gasteiger partial charge in [-0.3, -0.25) is 9.69 Å². The monoisotopic (exact) mass is 379 g/mol. The Morgan fingerprint density at radius 2 is 1.81 bits per heavy atom. The van der Waals surface area contributed by atoms with Gasteiger partial charge in [0, 0.05) is 56.2 Å². The molecular formula is C19H33N5OS. The Bertz CT molecular complexity index is 597. The second-order valence-corrected chi connectivity index (χ2v) is 9.44. The van der Waals surface area contributed by atoms with Gasteiger partial charge in [-0.2, -0.15) is 4.37 Å². The quantitative estimate of drug-likeness (QED) is 0.805. The summed E-state index contributed by atoms with van der Waals surface area (Å²) in [6, 6.07) is 0.453. The van der Waals surface area contributed by atoms with Crippen molar-refractivity contribution in [2.75, 3.05) is 44.7 Å². The van der Waals surface area contributed by atoms with Gasteiger partial charge in [-0.05, 0) is 12.8 Å². The van der Waals surface area contributed by atoms with Crippen molar-refractivity contribution >= 4 is 22.6 Å². The summed E-state index contributed by atoms with van der Waals surface area (Å²) in [6.07, 6.45) is 6.19. The molecule has 2 fully saturated rings. The standard InChI is InChI=1S/C19H33N5OS/c1-19(2,3)17-20-18(26-21-17)24-12-10-23(11-13-24)14-16(25)22(4)15-8-6-5-7-9-15/h15H,5-14H2,1-4H3. The maximum absolute atomic E-state index is 12.6. The zero-order chi connectivity index (χ0) is 18.7. The number of amides is 1. The minimum Gasteiger partial charge on any atom is -0.344 e. The molecule has 1 aliphatic carbocycles. The molecule has 1 aliphatic heterocycles. The van der Waals surface area contributed by atoms with Crippen molar-refractivity contribution in [3.05, 3.63) is 5.82 Å². The van der Waals surface area contributed by atoms with Crippen LogP contribution < -0.4 is 4.90 Å². The van der Waals surface area contributed by atoms with Crippen molar-refractivity contribution in [3.63, 3.8) is 0 Å². The Morgan fingerprint density at radius 3 is 2.38 bits per heavy atom. The average Bonchev–Trinajstić information content (AvgIpc) is 3.13. The van der Waals surface area contributed by atoms with Crippen molar-refractivity contribution < 1.29 is 4.79 Å². The molecule has 1 aromatic heterocycles. The van der Waals surface area contributed by atoms with Gasteiger partial charge in [-0.1, -0.05) is 40.0 Å². The van der Waals surface area contributed by atoms with Crippen LogP contribution in [0.1, 0.15) is 58.7 Å². The number of aromatic nitrogens is 2. The van der Waals surface area contributed by atoms with Crippen LogP contribution >= 0.6 is 11.5 Å². The van der Waals surface area contributed by atoms with Gasteiger partial charge < -0.3 is 9.80 Å². The number of likely N-dealkylation sites (N-methyl/N-ethyl adjacent to an activating group) is 1. The van der Waals surface area contributed by atoms with E-state index in [0.717, 1.165) is 37.1 Å². The molecule has 1 saturated carbocycles. The highest BCUT2D eigenvalue weighted by molar-refractivity contribution is 7.09. The summed E-state index contributed by atoms with van der Waals surface area (Å²) in [5, 5.41) is 1.01. The van der Waals surface area contributed by atoms with E-state index >= 15 is 0 Å². The van der Waals surface area contributed by atoms with Crippen LogP contribution in [-0.4, -0.2) is 70.9 Å². The molecule has 146 valence electrons. The number of carbonyl (C=O) groups is 1. The minimum absolute atomic E-state index is 0.00725. The molecular weight excluding hydrogens is 346 g/mol. The summed E-state index contributed by atoms with van der Waals surface area (Å²) in [7, 11) is 1.99. The van der Waals surface area contributed by atoms with E-state index in [9.17, 15) is 4.79 Å². The van der Waals surface area contributed by atoms with Crippen molar-refractivity contribution in [3.8, 4) is 0 Å². The van der Waals surface area contributed by atoms with E-state index in [2.05, 4.69) is 34.9 Å². The lowest BCUT2D eigenvalue weighted by atomic mass is 9.94. The molecule has 0 radical (unpaired) electrons. The molecule has 2 aliphatic rings. The molecule has 0 aromatic carbocycles. The van der Waals surface area contributed by atoms with E-state index in [1.165, 1.54) is 43.6 Å². The Balaban J connectivity index is 1.47. The van der Waals surface area contributed by atoms with Crippen LogP contribution in [0.2, 0.25) is 0 Å². The third-order valence-corrected chi connectivity index (χ3v) is 6.38. The van der Waals surface area contributed by atoms with Gasteiger partial charge in [-0.15, -0.1) is 0 Å². The van der Waals surface area contributed by atoms with Crippen molar-refractivity contribution in [2.24, 2.45) is 0 Å². The van der Waals surface area contributed by atoms with Gasteiger partial charge in [0.25, 0.3) is 0 Å². The molecule has 6 nitrogen and oxygen atoms in total. The number of carbonyl (C=O) groups excluding carboxylic acids is 1. The summed E-state index contributed by atoms with van der Waals surface area (Å²) in [6.45, 7) is 10.6. The molecule has 7 heteroatoms. The van der Waals surface area contributed by atoms with Crippen molar-refractivity contribution in [1.29, 1.82) is 0 Å².